The van der Waals surface area contributed by atoms with Crippen LogP contribution in [0.1, 0.15) is 155 Å². The number of unbranched alkanes of at least 4 members (excludes halogenated alkanes) is 10. The number of rotatable bonds is 28. The lowest BCUT2D eigenvalue weighted by atomic mass is 9.89. The van der Waals surface area contributed by atoms with Crippen molar-refractivity contribution < 1.29 is 8.78 Å². The molecule has 2 nitrogen and oxygen atoms in total. The van der Waals surface area contributed by atoms with Crippen molar-refractivity contribution in [3.05, 3.63) is 24.3 Å². The molecule has 4 heteroatoms. The van der Waals surface area contributed by atoms with E-state index < -0.39 is 5.92 Å². The van der Waals surface area contributed by atoms with Crippen LogP contribution in [0.5, 0.6) is 0 Å². The van der Waals surface area contributed by atoms with Gasteiger partial charge in [-0.3, -0.25) is 0 Å². The van der Waals surface area contributed by atoms with Crippen LogP contribution in [0, 0.1) is 11.3 Å². The van der Waals surface area contributed by atoms with Crippen LogP contribution in [0.2, 0.25) is 0 Å². The van der Waals surface area contributed by atoms with E-state index in [0.29, 0.717) is 18.8 Å². The van der Waals surface area contributed by atoms with Gasteiger partial charge in [0.05, 0.1) is 0 Å². The standard InChI is InChI=1S/C34H64F2N2/c1-6-8-10-12-16-24-32(30-33(37)26-21-29-38(4)5)25-17-14-11-13-15-22-31(3)23-18-20-28-34(35,36)27-19-9-7-2/h20,28,32,37H,3,6-19,21-27,29-30H2,1-2,4-5H3/b28-20+,37-33?. The van der Waals surface area contributed by atoms with E-state index in [9.17, 15) is 8.78 Å². The number of hydrogen-bond acceptors (Lipinski definition) is 2. The van der Waals surface area contributed by atoms with Gasteiger partial charge in [-0.1, -0.05) is 116 Å². The van der Waals surface area contributed by atoms with E-state index in [2.05, 4.69) is 32.5 Å². The van der Waals surface area contributed by atoms with Crippen molar-refractivity contribution in [2.75, 3.05) is 20.6 Å². The van der Waals surface area contributed by atoms with Crippen LogP contribution in [-0.4, -0.2) is 37.2 Å². The molecule has 0 aromatic rings. The topological polar surface area (TPSA) is 27.1 Å². The summed E-state index contributed by atoms with van der Waals surface area (Å²) in [4.78, 5) is 2.21. The second-order valence-corrected chi connectivity index (χ2v) is 12.0. The molecule has 0 aliphatic heterocycles. The summed E-state index contributed by atoms with van der Waals surface area (Å²) in [6.45, 7) is 9.55. The largest absolute Gasteiger partial charge is 0.310 e. The van der Waals surface area contributed by atoms with E-state index in [1.54, 1.807) is 6.08 Å². The molecule has 0 bridgehead atoms. The third-order valence-corrected chi connectivity index (χ3v) is 7.62. The summed E-state index contributed by atoms with van der Waals surface area (Å²) in [7, 11) is 4.22. The van der Waals surface area contributed by atoms with Gasteiger partial charge in [0, 0.05) is 12.1 Å². The minimum atomic E-state index is -2.66. The molecule has 0 spiro atoms. The van der Waals surface area contributed by atoms with E-state index in [4.69, 9.17) is 5.41 Å². The number of allylic oxidation sites excluding steroid dienone is 3. The normalized spacial score (nSPS) is 13.0. The predicted molar refractivity (Wildman–Crippen MR) is 166 cm³/mol. The van der Waals surface area contributed by atoms with E-state index >= 15 is 0 Å². The van der Waals surface area contributed by atoms with E-state index in [0.717, 1.165) is 69.7 Å². The molecule has 1 unspecified atom stereocenters. The fourth-order valence-corrected chi connectivity index (χ4v) is 5.14. The highest BCUT2D eigenvalue weighted by atomic mass is 19.3. The summed E-state index contributed by atoms with van der Waals surface area (Å²) in [5.74, 6) is -1.97. The monoisotopic (exact) mass is 539 g/mol. The Labute approximate surface area is 236 Å². The first-order valence-corrected chi connectivity index (χ1v) is 16.1. The summed E-state index contributed by atoms with van der Waals surface area (Å²) in [5, 5.41) is 8.48. The molecule has 0 aromatic heterocycles. The Bertz CT molecular complexity index is 597. The molecule has 0 rings (SSSR count). The SMILES string of the molecule is C=C(CC/C=C/C(F)(F)CCCCC)CCCCCCCC(CCCCCCC)CC(=N)CCCN(C)C. The molecular formula is C34H64F2N2. The molecule has 0 heterocycles. The Kier molecular flexibility index (Phi) is 24.3. The average molecular weight is 539 g/mol. The Morgan fingerprint density at radius 2 is 1.37 bits per heavy atom. The predicted octanol–water partition coefficient (Wildman–Crippen LogP) is 11.6. The molecule has 1 atom stereocenters. The summed E-state index contributed by atoms with van der Waals surface area (Å²) in [6, 6.07) is 0. The highest BCUT2D eigenvalue weighted by Crippen LogP contribution is 2.25. The highest BCUT2D eigenvalue weighted by Gasteiger charge is 2.23. The Balaban J connectivity index is 4.06. The fraction of sp³-hybridized carbons (Fsp3) is 0.853. The van der Waals surface area contributed by atoms with Gasteiger partial charge in [0.15, 0.2) is 0 Å². The lowest BCUT2D eigenvalue weighted by Gasteiger charge is -2.18. The fourth-order valence-electron chi connectivity index (χ4n) is 5.14. The van der Waals surface area contributed by atoms with Gasteiger partial charge in [0.2, 0.25) is 0 Å². The minimum Gasteiger partial charge on any atom is -0.310 e. The first-order valence-electron chi connectivity index (χ1n) is 16.1. The molecule has 0 aliphatic carbocycles. The van der Waals surface area contributed by atoms with Gasteiger partial charge in [0.25, 0.3) is 5.92 Å². The minimum absolute atomic E-state index is 0.0305. The van der Waals surface area contributed by atoms with Gasteiger partial charge < -0.3 is 10.3 Å². The molecule has 0 saturated heterocycles. The second kappa shape index (κ2) is 25.0. The smallest absolute Gasteiger partial charge is 0.266 e. The van der Waals surface area contributed by atoms with Crippen molar-refractivity contribution in [1.82, 2.24) is 4.90 Å². The van der Waals surface area contributed by atoms with Crippen LogP contribution in [0.3, 0.4) is 0 Å². The molecule has 0 radical (unpaired) electrons. The summed E-state index contributed by atoms with van der Waals surface area (Å²) in [6.07, 6.45) is 26.2. The molecule has 0 aromatic carbocycles. The molecule has 224 valence electrons. The molecule has 0 saturated carbocycles. The van der Waals surface area contributed by atoms with Crippen LogP contribution < -0.4 is 0 Å². The van der Waals surface area contributed by atoms with Crippen molar-refractivity contribution in [2.24, 2.45) is 5.92 Å². The summed E-state index contributed by atoms with van der Waals surface area (Å²) < 4.78 is 27.6. The first-order chi connectivity index (χ1) is 18.2. The van der Waals surface area contributed by atoms with Crippen molar-refractivity contribution >= 4 is 5.71 Å². The number of halogens is 2. The highest BCUT2D eigenvalue weighted by molar-refractivity contribution is 5.81. The molecule has 38 heavy (non-hydrogen) atoms. The number of nitrogens with one attached hydrogen (secondary N) is 1. The quantitative estimate of drug-likeness (QED) is 0.0598. The number of alkyl halides is 2. The number of hydrogen-bond donors (Lipinski definition) is 1. The molecule has 0 amide bonds. The van der Waals surface area contributed by atoms with Crippen LogP contribution in [-0.2, 0) is 0 Å². The Hall–Kier alpha value is -1.03. The summed E-state index contributed by atoms with van der Waals surface area (Å²) in [5.41, 5.74) is 2.15. The van der Waals surface area contributed by atoms with Gasteiger partial charge in [0.1, 0.15) is 0 Å². The maximum Gasteiger partial charge on any atom is 0.266 e. The Morgan fingerprint density at radius 3 is 2.00 bits per heavy atom. The van der Waals surface area contributed by atoms with E-state index in [1.807, 2.05) is 6.92 Å². The molecular weight excluding hydrogens is 474 g/mol. The van der Waals surface area contributed by atoms with Crippen molar-refractivity contribution in [3.8, 4) is 0 Å². The van der Waals surface area contributed by atoms with Crippen molar-refractivity contribution in [1.29, 1.82) is 5.41 Å². The average Bonchev–Trinajstić information content (AvgIpc) is 2.85. The van der Waals surface area contributed by atoms with Gasteiger partial charge in [-0.15, -0.1) is 0 Å². The van der Waals surface area contributed by atoms with E-state index in [-0.39, 0.29) is 6.42 Å². The van der Waals surface area contributed by atoms with Gasteiger partial charge in [-0.05, 0) is 84.0 Å². The van der Waals surface area contributed by atoms with Crippen LogP contribution >= 0.6 is 0 Å². The summed E-state index contributed by atoms with van der Waals surface area (Å²) >= 11 is 0. The molecule has 0 fully saturated rings. The lowest BCUT2D eigenvalue weighted by Crippen LogP contribution is -2.15. The van der Waals surface area contributed by atoms with Crippen LogP contribution in [0.4, 0.5) is 8.78 Å². The zero-order valence-electron chi connectivity index (χ0n) is 25.9. The van der Waals surface area contributed by atoms with Gasteiger partial charge in [-0.2, -0.15) is 0 Å². The van der Waals surface area contributed by atoms with Crippen molar-refractivity contribution in [2.45, 2.75) is 161 Å². The second-order valence-electron chi connectivity index (χ2n) is 12.0. The first kappa shape index (κ1) is 37.0. The Morgan fingerprint density at radius 1 is 0.789 bits per heavy atom. The zero-order chi connectivity index (χ0) is 28.5. The number of nitrogens with zero attached hydrogens (tertiary/aromatic N) is 1. The van der Waals surface area contributed by atoms with Crippen LogP contribution in [0.15, 0.2) is 24.3 Å². The lowest BCUT2D eigenvalue weighted by molar-refractivity contribution is 0.0426. The molecule has 1 N–H and O–H groups in total. The molecule has 0 aliphatic rings. The zero-order valence-corrected chi connectivity index (χ0v) is 25.9. The maximum atomic E-state index is 13.8. The maximum absolute atomic E-state index is 13.8. The van der Waals surface area contributed by atoms with Crippen molar-refractivity contribution in [3.63, 3.8) is 0 Å². The van der Waals surface area contributed by atoms with E-state index in [1.165, 1.54) is 76.2 Å². The van der Waals surface area contributed by atoms with Crippen LogP contribution in [0.25, 0.3) is 0 Å². The van der Waals surface area contributed by atoms with Gasteiger partial charge >= 0.3 is 0 Å². The van der Waals surface area contributed by atoms with Gasteiger partial charge in [-0.25, -0.2) is 8.78 Å². The third kappa shape index (κ3) is 25.3. The third-order valence-electron chi connectivity index (χ3n) is 7.62.